The molecule has 1 aliphatic heterocycles. The molecule has 8 heteroatoms. The van der Waals surface area contributed by atoms with Crippen LogP contribution in [-0.2, 0) is 11.3 Å². The number of amides is 1. The van der Waals surface area contributed by atoms with Crippen molar-refractivity contribution in [1.29, 1.82) is 0 Å². The molecule has 1 fully saturated rings. The Balaban J connectivity index is 1.78. The van der Waals surface area contributed by atoms with Gasteiger partial charge in [0.15, 0.2) is 11.6 Å². The van der Waals surface area contributed by atoms with Gasteiger partial charge < -0.3 is 19.1 Å². The molecule has 6 nitrogen and oxygen atoms in total. The van der Waals surface area contributed by atoms with E-state index in [1.807, 2.05) is 41.1 Å². The number of imidazole rings is 1. The SMILES string of the molecule is CN(C)CCn1cc(-c2ccc(F)c(F)c2)nc1C1CCN(C(=O)OC(C)(C)C)CC1. The highest BCUT2D eigenvalue weighted by atomic mass is 19.2. The summed E-state index contributed by atoms with van der Waals surface area (Å²) in [4.78, 5) is 21.0. The van der Waals surface area contributed by atoms with E-state index in [0.29, 0.717) is 24.3 Å². The van der Waals surface area contributed by atoms with Gasteiger partial charge in [0.25, 0.3) is 0 Å². The molecule has 2 aromatic rings. The normalized spacial score (nSPS) is 15.5. The van der Waals surface area contributed by atoms with Crippen molar-refractivity contribution in [2.75, 3.05) is 33.7 Å². The lowest BCUT2D eigenvalue weighted by Crippen LogP contribution is -2.41. The molecule has 0 aliphatic carbocycles. The first-order chi connectivity index (χ1) is 14.5. The van der Waals surface area contributed by atoms with Crippen LogP contribution in [0.2, 0.25) is 0 Å². The predicted molar refractivity (Wildman–Crippen MR) is 116 cm³/mol. The molecule has 1 aliphatic rings. The molecular weight excluding hydrogens is 402 g/mol. The third-order valence-corrected chi connectivity index (χ3v) is 5.32. The summed E-state index contributed by atoms with van der Waals surface area (Å²) in [7, 11) is 4.01. The number of rotatable bonds is 5. The first-order valence-corrected chi connectivity index (χ1v) is 10.7. The Hall–Kier alpha value is -2.48. The van der Waals surface area contributed by atoms with Crippen LogP contribution in [0.1, 0.15) is 45.4 Å². The van der Waals surface area contributed by atoms with Crippen LogP contribution in [0.15, 0.2) is 24.4 Å². The predicted octanol–water partition coefficient (Wildman–Crippen LogP) is 4.50. The second-order valence-electron chi connectivity index (χ2n) is 9.35. The summed E-state index contributed by atoms with van der Waals surface area (Å²) in [6, 6.07) is 3.86. The summed E-state index contributed by atoms with van der Waals surface area (Å²) in [5.74, 6) is -0.650. The number of carbonyl (C=O) groups is 1. The minimum atomic E-state index is -0.882. The lowest BCUT2D eigenvalue weighted by atomic mass is 9.96. The molecule has 1 aromatic heterocycles. The van der Waals surface area contributed by atoms with Crippen molar-refractivity contribution in [3.05, 3.63) is 41.9 Å². The number of likely N-dealkylation sites (N-methyl/N-ethyl adjacent to an activating group) is 1. The molecule has 0 atom stereocenters. The zero-order valence-electron chi connectivity index (χ0n) is 19.0. The first-order valence-electron chi connectivity index (χ1n) is 10.7. The fourth-order valence-corrected chi connectivity index (χ4v) is 3.68. The Labute approximate surface area is 182 Å². The van der Waals surface area contributed by atoms with Gasteiger partial charge in [0.1, 0.15) is 11.4 Å². The first kappa shape index (κ1) is 23.2. The Morgan fingerprint density at radius 1 is 1.19 bits per heavy atom. The van der Waals surface area contributed by atoms with E-state index in [-0.39, 0.29) is 12.0 Å². The van der Waals surface area contributed by atoms with Crippen LogP contribution < -0.4 is 0 Å². The van der Waals surface area contributed by atoms with Gasteiger partial charge in [-0.3, -0.25) is 0 Å². The summed E-state index contributed by atoms with van der Waals surface area (Å²) in [6.45, 7) is 8.35. The number of halogens is 2. The van der Waals surface area contributed by atoms with E-state index in [9.17, 15) is 13.6 Å². The minimum absolute atomic E-state index is 0.180. The van der Waals surface area contributed by atoms with Gasteiger partial charge in [-0.1, -0.05) is 0 Å². The maximum Gasteiger partial charge on any atom is 0.410 e. The van der Waals surface area contributed by atoms with Crippen molar-refractivity contribution >= 4 is 6.09 Å². The second-order valence-corrected chi connectivity index (χ2v) is 9.35. The van der Waals surface area contributed by atoms with Gasteiger partial charge in [0.05, 0.1) is 5.69 Å². The van der Waals surface area contributed by atoms with Gasteiger partial charge in [-0.25, -0.2) is 18.6 Å². The van der Waals surface area contributed by atoms with Gasteiger partial charge >= 0.3 is 6.09 Å². The van der Waals surface area contributed by atoms with Crippen LogP contribution >= 0.6 is 0 Å². The van der Waals surface area contributed by atoms with Gasteiger partial charge in [0, 0.05) is 43.9 Å². The number of ether oxygens (including phenoxy) is 1. The maximum absolute atomic E-state index is 13.8. The van der Waals surface area contributed by atoms with E-state index in [2.05, 4.69) is 9.47 Å². The molecule has 3 rings (SSSR count). The number of hydrogen-bond donors (Lipinski definition) is 0. The van der Waals surface area contributed by atoms with E-state index in [1.54, 1.807) is 11.0 Å². The minimum Gasteiger partial charge on any atom is -0.444 e. The highest BCUT2D eigenvalue weighted by Crippen LogP contribution is 2.31. The highest BCUT2D eigenvalue weighted by Gasteiger charge is 2.30. The lowest BCUT2D eigenvalue weighted by molar-refractivity contribution is 0.0202. The second kappa shape index (κ2) is 9.34. The zero-order valence-corrected chi connectivity index (χ0v) is 19.0. The maximum atomic E-state index is 13.8. The summed E-state index contributed by atoms with van der Waals surface area (Å²) >= 11 is 0. The monoisotopic (exact) mass is 434 g/mol. The van der Waals surface area contributed by atoms with Crippen molar-refractivity contribution in [3.63, 3.8) is 0 Å². The number of carbonyl (C=O) groups excluding carboxylic acids is 1. The van der Waals surface area contributed by atoms with Crippen LogP contribution in [0.3, 0.4) is 0 Å². The Bertz CT molecular complexity index is 913. The van der Waals surface area contributed by atoms with Crippen LogP contribution in [-0.4, -0.2) is 64.8 Å². The number of likely N-dealkylation sites (tertiary alicyclic amines) is 1. The molecular formula is C23H32F2N4O2. The Kier molecular flexibility index (Phi) is 6.99. The third-order valence-electron chi connectivity index (χ3n) is 5.32. The van der Waals surface area contributed by atoms with Crippen molar-refractivity contribution in [2.24, 2.45) is 0 Å². The average Bonchev–Trinajstić information content (AvgIpc) is 3.11. The van der Waals surface area contributed by atoms with Crippen molar-refractivity contribution in [3.8, 4) is 11.3 Å². The molecule has 2 heterocycles. The van der Waals surface area contributed by atoms with E-state index >= 15 is 0 Å². The van der Waals surface area contributed by atoms with Crippen LogP contribution in [0, 0.1) is 11.6 Å². The number of piperidine rings is 1. The van der Waals surface area contributed by atoms with E-state index < -0.39 is 17.2 Å². The van der Waals surface area contributed by atoms with Crippen LogP contribution in [0.25, 0.3) is 11.3 Å². The topological polar surface area (TPSA) is 50.6 Å². The van der Waals surface area contributed by atoms with Crippen molar-refractivity contribution in [2.45, 2.75) is 51.7 Å². The molecule has 170 valence electrons. The fourth-order valence-electron chi connectivity index (χ4n) is 3.68. The quantitative estimate of drug-likeness (QED) is 0.695. The summed E-state index contributed by atoms with van der Waals surface area (Å²) < 4.78 is 34.7. The highest BCUT2D eigenvalue weighted by molar-refractivity contribution is 5.68. The molecule has 1 amide bonds. The number of aromatic nitrogens is 2. The van der Waals surface area contributed by atoms with Crippen molar-refractivity contribution in [1.82, 2.24) is 19.4 Å². The smallest absolute Gasteiger partial charge is 0.410 e. The standard InChI is InChI=1S/C23H32F2N4O2/c1-23(2,3)31-22(30)28-10-8-16(9-11-28)21-26-20(15-29(21)13-12-27(4)5)17-6-7-18(24)19(25)14-17/h6-7,14-16H,8-13H2,1-5H3. The van der Waals surface area contributed by atoms with Gasteiger partial charge in [-0.2, -0.15) is 0 Å². The lowest BCUT2D eigenvalue weighted by Gasteiger charge is -2.33. The van der Waals surface area contributed by atoms with Crippen LogP contribution in [0.4, 0.5) is 13.6 Å². The molecule has 0 spiro atoms. The van der Waals surface area contributed by atoms with Gasteiger partial charge in [0.2, 0.25) is 0 Å². The van der Waals surface area contributed by atoms with E-state index in [1.165, 1.54) is 6.07 Å². The molecule has 0 radical (unpaired) electrons. The summed E-state index contributed by atoms with van der Waals surface area (Å²) in [5.41, 5.74) is 0.660. The summed E-state index contributed by atoms with van der Waals surface area (Å²) in [5, 5.41) is 0. The summed E-state index contributed by atoms with van der Waals surface area (Å²) in [6.07, 6.45) is 3.17. The largest absolute Gasteiger partial charge is 0.444 e. The molecule has 0 saturated carbocycles. The fraction of sp³-hybridized carbons (Fsp3) is 0.565. The molecule has 0 bridgehead atoms. The van der Waals surface area contributed by atoms with Crippen molar-refractivity contribution < 1.29 is 18.3 Å². The molecule has 0 N–H and O–H groups in total. The number of hydrogen-bond acceptors (Lipinski definition) is 4. The zero-order chi connectivity index (χ0) is 22.8. The molecule has 1 aromatic carbocycles. The Morgan fingerprint density at radius 3 is 2.45 bits per heavy atom. The Morgan fingerprint density at radius 2 is 1.87 bits per heavy atom. The van der Waals surface area contributed by atoms with E-state index in [4.69, 9.17) is 9.72 Å². The number of nitrogens with zero attached hydrogens (tertiary/aromatic N) is 4. The third kappa shape index (κ3) is 6.03. The van der Waals surface area contributed by atoms with Crippen LogP contribution in [0.5, 0.6) is 0 Å². The average molecular weight is 435 g/mol. The number of benzene rings is 1. The molecule has 1 saturated heterocycles. The van der Waals surface area contributed by atoms with Gasteiger partial charge in [-0.05, 0) is 65.9 Å². The van der Waals surface area contributed by atoms with Gasteiger partial charge in [-0.15, -0.1) is 0 Å². The molecule has 31 heavy (non-hydrogen) atoms. The van der Waals surface area contributed by atoms with E-state index in [0.717, 1.165) is 37.8 Å². The molecule has 0 unspecified atom stereocenters.